The highest BCUT2D eigenvalue weighted by Gasteiger charge is 2.12. The summed E-state index contributed by atoms with van der Waals surface area (Å²) in [7, 11) is 0. The van der Waals surface area contributed by atoms with Gasteiger partial charge in [0.2, 0.25) is 5.82 Å². The van der Waals surface area contributed by atoms with Crippen molar-refractivity contribution < 1.29 is 9.53 Å². The van der Waals surface area contributed by atoms with E-state index in [-0.39, 0.29) is 5.82 Å². The lowest BCUT2D eigenvalue weighted by Gasteiger charge is -2.01. The second-order valence-electron chi connectivity index (χ2n) is 3.09. The topological polar surface area (TPSA) is 52.1 Å². The van der Waals surface area contributed by atoms with Crippen molar-refractivity contribution in [3.05, 3.63) is 34.6 Å². The van der Waals surface area contributed by atoms with Crippen LogP contribution >= 0.6 is 22.9 Å². The average molecular weight is 269 g/mol. The van der Waals surface area contributed by atoms with Gasteiger partial charge in [0.15, 0.2) is 0 Å². The molecule has 2 heterocycles. The molecule has 88 valence electrons. The number of thiophene rings is 1. The summed E-state index contributed by atoms with van der Waals surface area (Å²) in [4.78, 5) is 20.4. The van der Waals surface area contributed by atoms with Crippen molar-refractivity contribution in [2.75, 3.05) is 6.61 Å². The van der Waals surface area contributed by atoms with Gasteiger partial charge >= 0.3 is 5.97 Å². The van der Waals surface area contributed by atoms with Crippen LogP contribution in [0.3, 0.4) is 0 Å². The van der Waals surface area contributed by atoms with E-state index >= 15 is 0 Å². The molecule has 2 aromatic rings. The number of carbonyl (C=O) groups excluding carboxylic acids is 1. The minimum Gasteiger partial charge on any atom is -0.460 e. The standard InChI is InChI=1S/C11H9ClN2O2S/c1-2-16-11(15)10-13-6-5-7(14-10)8-3-4-9(12)17-8/h3-6H,2H2,1H3. The van der Waals surface area contributed by atoms with Gasteiger partial charge in [-0.05, 0) is 25.1 Å². The number of nitrogens with zero attached hydrogens (tertiary/aromatic N) is 2. The maximum absolute atomic E-state index is 11.5. The molecule has 2 rings (SSSR count). The number of halogens is 1. The predicted octanol–water partition coefficient (Wildman–Crippen LogP) is 3.04. The number of aromatic nitrogens is 2. The van der Waals surface area contributed by atoms with Crippen molar-refractivity contribution in [2.24, 2.45) is 0 Å². The van der Waals surface area contributed by atoms with Crippen molar-refractivity contribution in [1.29, 1.82) is 0 Å². The zero-order chi connectivity index (χ0) is 12.3. The Balaban J connectivity index is 2.31. The Morgan fingerprint density at radius 1 is 1.47 bits per heavy atom. The highest BCUT2D eigenvalue weighted by molar-refractivity contribution is 7.19. The highest BCUT2D eigenvalue weighted by Crippen LogP contribution is 2.29. The van der Waals surface area contributed by atoms with E-state index < -0.39 is 5.97 Å². The third-order valence-electron chi connectivity index (χ3n) is 1.94. The van der Waals surface area contributed by atoms with E-state index in [4.69, 9.17) is 16.3 Å². The summed E-state index contributed by atoms with van der Waals surface area (Å²) in [5.41, 5.74) is 0.667. The molecular formula is C11H9ClN2O2S. The monoisotopic (exact) mass is 268 g/mol. The normalized spacial score (nSPS) is 10.2. The molecule has 0 radical (unpaired) electrons. The lowest BCUT2D eigenvalue weighted by atomic mass is 10.3. The number of rotatable bonds is 3. The zero-order valence-electron chi connectivity index (χ0n) is 9.01. The van der Waals surface area contributed by atoms with Gasteiger partial charge in [-0.2, -0.15) is 0 Å². The molecule has 0 unspecified atom stereocenters. The smallest absolute Gasteiger partial charge is 0.376 e. The van der Waals surface area contributed by atoms with Gasteiger partial charge in [-0.1, -0.05) is 11.6 Å². The van der Waals surface area contributed by atoms with Crippen LogP contribution in [0.4, 0.5) is 0 Å². The van der Waals surface area contributed by atoms with E-state index in [1.165, 1.54) is 17.5 Å². The van der Waals surface area contributed by atoms with E-state index in [0.717, 1.165) is 4.88 Å². The molecular weight excluding hydrogens is 260 g/mol. The molecule has 0 aliphatic heterocycles. The Kier molecular flexibility index (Phi) is 3.71. The van der Waals surface area contributed by atoms with Crippen molar-refractivity contribution in [1.82, 2.24) is 9.97 Å². The molecule has 17 heavy (non-hydrogen) atoms. The first kappa shape index (κ1) is 12.0. The van der Waals surface area contributed by atoms with Gasteiger partial charge < -0.3 is 4.74 Å². The maximum atomic E-state index is 11.5. The van der Waals surface area contributed by atoms with Crippen molar-refractivity contribution in [3.63, 3.8) is 0 Å². The fourth-order valence-electron chi connectivity index (χ4n) is 1.24. The molecule has 0 spiro atoms. The Labute approximate surface area is 107 Å². The second kappa shape index (κ2) is 5.25. The van der Waals surface area contributed by atoms with Crippen LogP contribution in [-0.4, -0.2) is 22.5 Å². The van der Waals surface area contributed by atoms with E-state index in [0.29, 0.717) is 16.6 Å². The molecule has 0 amide bonds. The summed E-state index contributed by atoms with van der Waals surface area (Å²) in [6, 6.07) is 5.36. The number of hydrogen-bond acceptors (Lipinski definition) is 5. The molecule has 6 heteroatoms. The molecule has 0 atom stereocenters. The molecule has 0 N–H and O–H groups in total. The van der Waals surface area contributed by atoms with E-state index in [2.05, 4.69) is 9.97 Å². The van der Waals surface area contributed by atoms with Gasteiger partial charge in [0.25, 0.3) is 0 Å². The fourth-order valence-corrected chi connectivity index (χ4v) is 2.25. The van der Waals surface area contributed by atoms with Crippen LogP contribution in [0.2, 0.25) is 4.34 Å². The number of hydrogen-bond donors (Lipinski definition) is 0. The molecule has 4 nitrogen and oxygen atoms in total. The zero-order valence-corrected chi connectivity index (χ0v) is 10.6. The highest BCUT2D eigenvalue weighted by atomic mass is 35.5. The Bertz CT molecular complexity index is 542. The minimum atomic E-state index is -0.517. The third kappa shape index (κ3) is 2.81. The summed E-state index contributed by atoms with van der Waals surface area (Å²) >= 11 is 7.24. The molecule has 0 saturated carbocycles. The quantitative estimate of drug-likeness (QED) is 0.803. The molecule has 0 aromatic carbocycles. The Morgan fingerprint density at radius 3 is 2.94 bits per heavy atom. The van der Waals surface area contributed by atoms with Gasteiger partial charge in [0.1, 0.15) is 0 Å². The fraction of sp³-hybridized carbons (Fsp3) is 0.182. The van der Waals surface area contributed by atoms with Crippen LogP contribution in [0, 0.1) is 0 Å². The number of carbonyl (C=O) groups is 1. The molecule has 0 aliphatic rings. The van der Waals surface area contributed by atoms with E-state index in [1.54, 1.807) is 19.1 Å². The molecule has 2 aromatic heterocycles. The Morgan fingerprint density at radius 2 is 2.29 bits per heavy atom. The van der Waals surface area contributed by atoms with Gasteiger partial charge in [-0.15, -0.1) is 11.3 Å². The van der Waals surface area contributed by atoms with Crippen LogP contribution in [0.25, 0.3) is 10.6 Å². The van der Waals surface area contributed by atoms with Gasteiger partial charge in [-0.25, -0.2) is 14.8 Å². The first-order chi connectivity index (χ1) is 8.20. The van der Waals surface area contributed by atoms with Crippen LogP contribution in [0.1, 0.15) is 17.5 Å². The Hall–Kier alpha value is -1.46. The number of esters is 1. The summed E-state index contributed by atoms with van der Waals surface area (Å²) in [6.07, 6.45) is 1.53. The van der Waals surface area contributed by atoms with E-state index in [9.17, 15) is 4.79 Å². The third-order valence-corrected chi connectivity index (χ3v) is 3.19. The van der Waals surface area contributed by atoms with Crippen molar-refractivity contribution in [3.8, 4) is 10.6 Å². The van der Waals surface area contributed by atoms with Crippen LogP contribution in [0.5, 0.6) is 0 Å². The molecule has 0 bridgehead atoms. The first-order valence-corrected chi connectivity index (χ1v) is 6.16. The van der Waals surface area contributed by atoms with Crippen LogP contribution in [-0.2, 0) is 4.74 Å². The first-order valence-electron chi connectivity index (χ1n) is 4.96. The largest absolute Gasteiger partial charge is 0.460 e. The van der Waals surface area contributed by atoms with Crippen molar-refractivity contribution >= 4 is 28.9 Å². The predicted molar refractivity (Wildman–Crippen MR) is 66.3 cm³/mol. The van der Waals surface area contributed by atoms with Gasteiger partial charge in [0, 0.05) is 6.20 Å². The lowest BCUT2D eigenvalue weighted by Crippen LogP contribution is -2.09. The van der Waals surface area contributed by atoms with Gasteiger partial charge in [-0.3, -0.25) is 0 Å². The van der Waals surface area contributed by atoms with E-state index in [1.807, 2.05) is 6.07 Å². The van der Waals surface area contributed by atoms with Crippen LogP contribution < -0.4 is 0 Å². The molecule has 0 saturated heterocycles. The second-order valence-corrected chi connectivity index (χ2v) is 4.80. The molecule has 0 fully saturated rings. The summed E-state index contributed by atoms with van der Waals surface area (Å²) in [5, 5.41) is 0. The van der Waals surface area contributed by atoms with Crippen LogP contribution in [0.15, 0.2) is 24.4 Å². The number of ether oxygens (including phenoxy) is 1. The van der Waals surface area contributed by atoms with Gasteiger partial charge in [0.05, 0.1) is 21.5 Å². The summed E-state index contributed by atoms with van der Waals surface area (Å²) in [5.74, 6) is -0.453. The average Bonchev–Trinajstić information content (AvgIpc) is 2.76. The minimum absolute atomic E-state index is 0.0638. The summed E-state index contributed by atoms with van der Waals surface area (Å²) < 4.78 is 5.51. The van der Waals surface area contributed by atoms with Crippen molar-refractivity contribution in [2.45, 2.75) is 6.92 Å². The maximum Gasteiger partial charge on any atom is 0.376 e. The summed E-state index contributed by atoms with van der Waals surface area (Å²) in [6.45, 7) is 2.04. The SMILES string of the molecule is CCOC(=O)c1nccc(-c2ccc(Cl)s2)n1. The molecule has 0 aliphatic carbocycles. The lowest BCUT2D eigenvalue weighted by molar-refractivity contribution is 0.0512.